The predicted octanol–water partition coefficient (Wildman–Crippen LogP) is 4.67. The smallest absolute Gasteiger partial charge is 0.226 e. The van der Waals surface area contributed by atoms with Crippen LogP contribution in [0.4, 0.5) is 0 Å². The highest BCUT2D eigenvalue weighted by molar-refractivity contribution is 5.86. The summed E-state index contributed by atoms with van der Waals surface area (Å²) in [7, 11) is 2.03. The van der Waals surface area contributed by atoms with Crippen LogP contribution in [0.15, 0.2) is 24.3 Å². The summed E-state index contributed by atoms with van der Waals surface area (Å²) < 4.78 is 0. The molecule has 0 spiro atoms. The van der Waals surface area contributed by atoms with Crippen LogP contribution in [-0.2, 0) is 11.2 Å². The lowest BCUT2D eigenvalue weighted by atomic mass is 9.80. The van der Waals surface area contributed by atoms with E-state index in [0.717, 1.165) is 44.7 Å². The molecule has 1 saturated carbocycles. The van der Waals surface area contributed by atoms with Crippen molar-refractivity contribution in [3.05, 3.63) is 35.5 Å². The molecule has 2 aliphatic rings. The van der Waals surface area contributed by atoms with Crippen molar-refractivity contribution in [2.45, 2.75) is 58.4 Å². The van der Waals surface area contributed by atoms with Crippen molar-refractivity contribution < 1.29 is 4.79 Å². The van der Waals surface area contributed by atoms with Gasteiger partial charge in [0.25, 0.3) is 0 Å². The third-order valence-electron chi connectivity index (χ3n) is 6.83. The Morgan fingerprint density at radius 2 is 1.96 bits per heavy atom. The molecule has 4 rings (SSSR count). The van der Waals surface area contributed by atoms with Crippen LogP contribution in [0.2, 0.25) is 0 Å². The molecule has 2 heterocycles. The summed E-state index contributed by atoms with van der Waals surface area (Å²) in [6, 6.07) is 8.79. The average molecular weight is 382 g/mol. The molecule has 1 aromatic carbocycles. The number of para-hydroxylation sites is 1. The number of carbonyl (C=O) groups excluding carboxylic acids is 1. The monoisotopic (exact) mass is 381 g/mol. The highest BCUT2D eigenvalue weighted by Crippen LogP contribution is 2.40. The molecule has 2 N–H and O–H groups in total. The van der Waals surface area contributed by atoms with Crippen molar-refractivity contribution in [3.8, 4) is 0 Å². The lowest BCUT2D eigenvalue weighted by molar-refractivity contribution is -0.140. The van der Waals surface area contributed by atoms with Gasteiger partial charge < -0.3 is 15.2 Å². The minimum Gasteiger partial charge on any atom is -0.356 e. The Kier molecular flexibility index (Phi) is 5.77. The van der Waals surface area contributed by atoms with Gasteiger partial charge in [0.2, 0.25) is 5.91 Å². The molecule has 0 bridgehead atoms. The van der Waals surface area contributed by atoms with Gasteiger partial charge in [0.1, 0.15) is 0 Å². The first-order valence-corrected chi connectivity index (χ1v) is 11.1. The fourth-order valence-electron chi connectivity index (χ4n) is 5.41. The van der Waals surface area contributed by atoms with Crippen LogP contribution < -0.4 is 5.32 Å². The number of amides is 1. The fraction of sp³-hybridized carbons (Fsp3) is 0.625. The number of aromatic nitrogens is 1. The van der Waals surface area contributed by atoms with Crippen LogP contribution in [0.1, 0.15) is 63.3 Å². The van der Waals surface area contributed by atoms with Gasteiger partial charge >= 0.3 is 0 Å². The molecule has 1 aromatic heterocycles. The first-order valence-electron chi connectivity index (χ1n) is 11.1. The first kappa shape index (κ1) is 19.5. The number of rotatable bonds is 5. The normalized spacial score (nSPS) is 25.3. The number of carbonyl (C=O) groups is 1. The van der Waals surface area contributed by atoms with E-state index in [0.29, 0.717) is 11.8 Å². The number of benzene rings is 1. The van der Waals surface area contributed by atoms with Crippen LogP contribution in [0.5, 0.6) is 0 Å². The standard InChI is InChI=1S/C24H35N3O/c1-16(2)14-22-23-20(19-6-4-5-7-21(19)26-23)12-13-27(22)24(28)18-10-8-17(9-11-18)15-25-3/h4-7,16-18,22,25-26H,8-15H2,1-3H3. The topological polar surface area (TPSA) is 48.1 Å². The lowest BCUT2D eigenvalue weighted by Gasteiger charge is -2.40. The van der Waals surface area contributed by atoms with Crippen molar-refractivity contribution in [3.63, 3.8) is 0 Å². The Bertz CT molecular complexity index is 816. The Morgan fingerprint density at radius 1 is 1.21 bits per heavy atom. The van der Waals surface area contributed by atoms with Crippen molar-refractivity contribution in [2.24, 2.45) is 17.8 Å². The molecule has 4 nitrogen and oxygen atoms in total. The van der Waals surface area contributed by atoms with E-state index in [-0.39, 0.29) is 12.0 Å². The largest absolute Gasteiger partial charge is 0.356 e. The molecule has 1 atom stereocenters. The summed E-state index contributed by atoms with van der Waals surface area (Å²) in [5.74, 6) is 1.91. The minimum atomic E-state index is 0.193. The van der Waals surface area contributed by atoms with Gasteiger partial charge in [0.05, 0.1) is 6.04 Å². The van der Waals surface area contributed by atoms with Gasteiger partial charge in [0, 0.05) is 29.1 Å². The summed E-state index contributed by atoms with van der Waals surface area (Å²) in [6.45, 7) is 6.48. The second kappa shape index (κ2) is 8.28. The first-order chi connectivity index (χ1) is 13.6. The van der Waals surface area contributed by atoms with E-state index in [2.05, 4.69) is 53.3 Å². The number of aromatic amines is 1. The van der Waals surface area contributed by atoms with E-state index < -0.39 is 0 Å². The van der Waals surface area contributed by atoms with Crippen LogP contribution in [-0.4, -0.2) is 35.9 Å². The maximum absolute atomic E-state index is 13.5. The number of H-pyrrole nitrogens is 1. The van der Waals surface area contributed by atoms with Crippen molar-refractivity contribution in [1.29, 1.82) is 0 Å². The summed E-state index contributed by atoms with van der Waals surface area (Å²) in [4.78, 5) is 19.4. The molecular weight excluding hydrogens is 346 g/mol. The fourth-order valence-corrected chi connectivity index (χ4v) is 5.41. The number of hydrogen-bond donors (Lipinski definition) is 2. The molecule has 1 unspecified atom stereocenters. The van der Waals surface area contributed by atoms with Crippen LogP contribution in [0.3, 0.4) is 0 Å². The van der Waals surface area contributed by atoms with E-state index in [1.807, 2.05) is 7.05 Å². The molecule has 0 saturated heterocycles. The third-order valence-corrected chi connectivity index (χ3v) is 6.83. The summed E-state index contributed by atoms with van der Waals surface area (Å²) in [5, 5.41) is 4.64. The van der Waals surface area contributed by atoms with E-state index in [1.165, 1.54) is 35.0 Å². The number of nitrogens with zero attached hydrogens (tertiary/aromatic N) is 1. The predicted molar refractivity (Wildman–Crippen MR) is 115 cm³/mol. The Hall–Kier alpha value is -1.81. The summed E-state index contributed by atoms with van der Waals surface area (Å²) in [5.41, 5.74) is 3.93. The van der Waals surface area contributed by atoms with Crippen LogP contribution in [0.25, 0.3) is 10.9 Å². The molecule has 1 aliphatic heterocycles. The van der Waals surface area contributed by atoms with Gasteiger partial charge in [-0.15, -0.1) is 0 Å². The Labute approximate surface area is 169 Å². The van der Waals surface area contributed by atoms with E-state index in [4.69, 9.17) is 0 Å². The molecule has 4 heteroatoms. The molecule has 1 fully saturated rings. The Balaban J connectivity index is 1.57. The van der Waals surface area contributed by atoms with Crippen molar-refractivity contribution in [2.75, 3.05) is 20.1 Å². The van der Waals surface area contributed by atoms with Gasteiger partial charge in [-0.25, -0.2) is 0 Å². The quantitative estimate of drug-likeness (QED) is 0.791. The van der Waals surface area contributed by atoms with Gasteiger partial charge in [-0.3, -0.25) is 4.79 Å². The van der Waals surface area contributed by atoms with Crippen molar-refractivity contribution in [1.82, 2.24) is 15.2 Å². The second-order valence-corrected chi connectivity index (χ2v) is 9.27. The molecule has 152 valence electrons. The lowest BCUT2D eigenvalue weighted by Crippen LogP contribution is -2.44. The van der Waals surface area contributed by atoms with Crippen LogP contribution >= 0.6 is 0 Å². The minimum absolute atomic E-state index is 0.193. The van der Waals surface area contributed by atoms with Gasteiger partial charge in [0.15, 0.2) is 0 Å². The molecule has 1 aliphatic carbocycles. The number of hydrogen-bond acceptors (Lipinski definition) is 2. The van der Waals surface area contributed by atoms with Crippen LogP contribution in [0, 0.1) is 17.8 Å². The average Bonchev–Trinajstić information content (AvgIpc) is 3.07. The van der Waals surface area contributed by atoms with E-state index in [1.54, 1.807) is 0 Å². The number of nitrogens with one attached hydrogen (secondary N) is 2. The molecular formula is C24H35N3O. The molecule has 28 heavy (non-hydrogen) atoms. The van der Waals surface area contributed by atoms with Gasteiger partial charge in [-0.1, -0.05) is 32.0 Å². The third kappa shape index (κ3) is 3.71. The second-order valence-electron chi connectivity index (χ2n) is 9.27. The van der Waals surface area contributed by atoms with E-state index in [9.17, 15) is 4.79 Å². The van der Waals surface area contributed by atoms with Gasteiger partial charge in [-0.05, 0) is 75.6 Å². The Morgan fingerprint density at radius 3 is 2.68 bits per heavy atom. The highest BCUT2D eigenvalue weighted by atomic mass is 16.2. The number of fused-ring (bicyclic) bond motifs is 3. The molecule has 0 radical (unpaired) electrons. The highest BCUT2D eigenvalue weighted by Gasteiger charge is 2.37. The zero-order valence-corrected chi connectivity index (χ0v) is 17.6. The van der Waals surface area contributed by atoms with Gasteiger partial charge in [-0.2, -0.15) is 0 Å². The maximum Gasteiger partial charge on any atom is 0.226 e. The molecule has 2 aromatic rings. The van der Waals surface area contributed by atoms with E-state index >= 15 is 0 Å². The summed E-state index contributed by atoms with van der Waals surface area (Å²) >= 11 is 0. The SMILES string of the molecule is CNCC1CCC(C(=O)N2CCc3c([nH]c4ccccc34)C2CC(C)C)CC1. The summed E-state index contributed by atoms with van der Waals surface area (Å²) in [6.07, 6.45) is 6.45. The van der Waals surface area contributed by atoms with Crippen molar-refractivity contribution >= 4 is 16.8 Å². The zero-order valence-electron chi connectivity index (χ0n) is 17.6. The maximum atomic E-state index is 13.5. The molecule has 1 amide bonds. The zero-order chi connectivity index (χ0) is 19.7.